The summed E-state index contributed by atoms with van der Waals surface area (Å²) in [6.07, 6.45) is 0. The quantitative estimate of drug-likeness (QED) is 0.152. The number of nitrogens with zero attached hydrogens (tertiary/aromatic N) is 3. The Kier molecular flexibility index (Phi) is 8.71. The fraction of sp³-hybridized carbons (Fsp3) is 0. The Hall–Kier alpha value is -8.42. The summed E-state index contributed by atoms with van der Waals surface area (Å²) < 4.78 is 2.52. The smallest absolute Gasteiger partial charge is 0.252 e. The first-order valence-electron chi connectivity index (χ1n) is 24.7. The second-order valence-corrected chi connectivity index (χ2v) is 21.2. The lowest BCUT2D eigenvalue weighted by Gasteiger charge is -2.46. The monoisotopic (exact) mass is 949 g/mol. The van der Waals surface area contributed by atoms with E-state index in [2.05, 4.69) is 257 Å². The van der Waals surface area contributed by atoms with Crippen LogP contribution in [0.4, 0.5) is 34.1 Å². The van der Waals surface area contributed by atoms with Crippen LogP contribution >= 0.6 is 23.5 Å². The average Bonchev–Trinajstić information content (AvgIpc) is 3.78. The molecule has 0 unspecified atom stereocenters. The SMILES string of the molecule is c1ccc2c(c1)Sc1ccccc1-c1cccc3c1N(c1ccccc1-2)c1cc(-n2c4ccccc4c4ccccc42)cc2c1B3c1cccc3c1N2c1ccccc1-c1ccccc1Sc1ccccc1-3. The molecule has 0 atom stereocenters. The molecule has 0 spiro atoms. The number of hydrogen-bond donors (Lipinski definition) is 0. The van der Waals surface area contributed by atoms with Crippen LogP contribution in [0, 0.1) is 0 Å². The van der Waals surface area contributed by atoms with Gasteiger partial charge in [-0.1, -0.05) is 206 Å². The second kappa shape index (κ2) is 15.5. The molecule has 5 heterocycles. The Labute approximate surface area is 426 Å². The van der Waals surface area contributed by atoms with E-state index in [1.807, 2.05) is 23.5 Å². The van der Waals surface area contributed by atoms with Crippen LogP contribution in [0.1, 0.15) is 0 Å². The highest BCUT2D eigenvalue weighted by Crippen LogP contribution is 2.56. The van der Waals surface area contributed by atoms with E-state index < -0.39 is 0 Å². The molecule has 0 fully saturated rings. The lowest BCUT2D eigenvalue weighted by Crippen LogP contribution is -2.61. The third-order valence-corrected chi connectivity index (χ3v) is 17.7. The molecule has 0 saturated carbocycles. The fourth-order valence-electron chi connectivity index (χ4n) is 12.5. The van der Waals surface area contributed by atoms with Gasteiger partial charge in [0.1, 0.15) is 0 Å². The minimum absolute atomic E-state index is 0.107. The van der Waals surface area contributed by atoms with Gasteiger partial charge in [0, 0.05) is 75.4 Å². The van der Waals surface area contributed by atoms with E-state index in [-0.39, 0.29) is 6.71 Å². The van der Waals surface area contributed by atoms with Gasteiger partial charge < -0.3 is 14.4 Å². The summed E-state index contributed by atoms with van der Waals surface area (Å²) >= 11 is 3.74. The maximum Gasteiger partial charge on any atom is 0.252 e. The molecule has 12 aromatic rings. The predicted octanol–water partition coefficient (Wildman–Crippen LogP) is 16.5. The van der Waals surface area contributed by atoms with Crippen LogP contribution in [0.3, 0.4) is 0 Å². The molecule has 6 heteroatoms. The summed E-state index contributed by atoms with van der Waals surface area (Å²) in [5, 5.41) is 2.48. The number of aromatic nitrogens is 1. The van der Waals surface area contributed by atoms with Gasteiger partial charge in [-0.05, 0) is 99.3 Å². The zero-order chi connectivity index (χ0) is 47.0. The molecular weight excluding hydrogens is 910 g/mol. The number of fused-ring (bicyclic) bond motifs is 19. The standard InChI is InChI=1S/C66H40BN3S2/c1-9-31-54-42(19-1)43-20-2-10-32-55(43)68(54)41-39-58-64-59(40-41)70-57-34-12-4-22-45(57)47-24-6-14-36-61(47)72-63-38-16-8-26-49(63)51-28-18-30-53(66(51)70)67(64)52-29-17-27-50-48-25-7-15-37-62(48)71-60-35-13-5-23-46(60)44-21-3-11-33-56(44)69(58)65(50)52/h1-40H. The van der Waals surface area contributed by atoms with Crippen molar-refractivity contribution in [2.45, 2.75) is 19.6 Å². The van der Waals surface area contributed by atoms with Crippen LogP contribution in [-0.4, -0.2) is 11.3 Å². The Bertz CT molecular complexity index is 4020. The van der Waals surface area contributed by atoms with Gasteiger partial charge in [-0.15, -0.1) is 0 Å². The van der Waals surface area contributed by atoms with E-state index in [9.17, 15) is 0 Å². The summed E-state index contributed by atoms with van der Waals surface area (Å²) in [6.45, 7) is -0.107. The molecule has 0 bridgehead atoms. The number of anilines is 6. The molecule has 3 nitrogen and oxygen atoms in total. The number of para-hydroxylation sites is 6. The molecule has 0 N–H and O–H groups in total. The largest absolute Gasteiger partial charge is 0.310 e. The lowest BCUT2D eigenvalue weighted by atomic mass is 9.33. The van der Waals surface area contributed by atoms with Gasteiger partial charge in [-0.2, -0.15) is 0 Å². The van der Waals surface area contributed by atoms with E-state index in [0.717, 1.165) is 17.1 Å². The molecule has 1 aromatic heterocycles. The summed E-state index contributed by atoms with van der Waals surface area (Å²) in [7, 11) is 0. The van der Waals surface area contributed by atoms with Crippen molar-refractivity contribution >= 4 is 103 Å². The number of hydrogen-bond acceptors (Lipinski definition) is 4. The number of rotatable bonds is 1. The Morgan fingerprint density at radius 1 is 0.292 bits per heavy atom. The molecule has 11 aromatic carbocycles. The zero-order valence-corrected chi connectivity index (χ0v) is 40.5. The molecule has 0 amide bonds. The summed E-state index contributed by atoms with van der Waals surface area (Å²) in [4.78, 5) is 10.2. The van der Waals surface area contributed by atoms with Crippen molar-refractivity contribution in [2.75, 3.05) is 9.80 Å². The highest BCUT2D eigenvalue weighted by atomic mass is 32.2. The Balaban J connectivity index is 1.12. The van der Waals surface area contributed by atoms with Crippen molar-refractivity contribution in [2.24, 2.45) is 0 Å². The first kappa shape index (κ1) is 40.3. The van der Waals surface area contributed by atoms with Crippen molar-refractivity contribution < 1.29 is 0 Å². The van der Waals surface area contributed by atoms with E-state index in [0.29, 0.717) is 0 Å². The van der Waals surface area contributed by atoms with Crippen molar-refractivity contribution in [3.8, 4) is 50.2 Å². The van der Waals surface area contributed by atoms with E-state index in [4.69, 9.17) is 0 Å². The number of benzene rings is 11. The third-order valence-electron chi connectivity index (χ3n) is 15.4. The van der Waals surface area contributed by atoms with E-state index in [1.165, 1.54) is 125 Å². The fourth-order valence-corrected chi connectivity index (χ4v) is 14.7. The highest BCUT2D eigenvalue weighted by Gasteiger charge is 2.46. The average molecular weight is 950 g/mol. The zero-order valence-electron chi connectivity index (χ0n) is 38.8. The van der Waals surface area contributed by atoms with Crippen LogP contribution in [0.25, 0.3) is 72.0 Å². The molecule has 4 aliphatic rings. The Morgan fingerprint density at radius 2 is 0.639 bits per heavy atom. The van der Waals surface area contributed by atoms with Crippen molar-refractivity contribution in [3.63, 3.8) is 0 Å². The van der Waals surface area contributed by atoms with Gasteiger partial charge in [-0.25, -0.2) is 0 Å². The summed E-state index contributed by atoms with van der Waals surface area (Å²) in [5.74, 6) is 0. The van der Waals surface area contributed by atoms with E-state index in [1.54, 1.807) is 0 Å². The van der Waals surface area contributed by atoms with Gasteiger partial charge in [0.05, 0.1) is 28.1 Å². The summed E-state index contributed by atoms with van der Waals surface area (Å²) in [5.41, 5.74) is 24.2. The minimum atomic E-state index is -0.107. The maximum atomic E-state index is 2.65. The lowest BCUT2D eigenvalue weighted by molar-refractivity contribution is 1.16. The van der Waals surface area contributed by atoms with Crippen LogP contribution < -0.4 is 26.2 Å². The molecule has 4 aliphatic heterocycles. The predicted molar refractivity (Wildman–Crippen MR) is 305 cm³/mol. The maximum absolute atomic E-state index is 2.65. The first-order chi connectivity index (χ1) is 35.8. The molecular formula is C66H40BN3S2. The van der Waals surface area contributed by atoms with Gasteiger partial charge >= 0.3 is 0 Å². The van der Waals surface area contributed by atoms with Crippen LogP contribution in [-0.2, 0) is 0 Å². The van der Waals surface area contributed by atoms with Crippen LogP contribution in [0.5, 0.6) is 0 Å². The molecule has 0 saturated heterocycles. The molecule has 0 radical (unpaired) electrons. The van der Waals surface area contributed by atoms with Gasteiger partial charge in [0.25, 0.3) is 6.71 Å². The molecule has 334 valence electrons. The van der Waals surface area contributed by atoms with Crippen molar-refractivity contribution in [1.29, 1.82) is 0 Å². The van der Waals surface area contributed by atoms with Crippen LogP contribution in [0.2, 0.25) is 0 Å². The van der Waals surface area contributed by atoms with Gasteiger partial charge in [0.2, 0.25) is 0 Å². The van der Waals surface area contributed by atoms with E-state index >= 15 is 0 Å². The summed E-state index contributed by atoms with van der Waals surface area (Å²) in [6, 6.07) is 91.3. The van der Waals surface area contributed by atoms with Crippen molar-refractivity contribution in [1.82, 2.24) is 4.57 Å². The highest BCUT2D eigenvalue weighted by molar-refractivity contribution is 8.00. The van der Waals surface area contributed by atoms with Crippen molar-refractivity contribution in [3.05, 3.63) is 243 Å². The normalized spacial score (nSPS) is 13.4. The second-order valence-electron chi connectivity index (χ2n) is 19.1. The molecule has 16 rings (SSSR count). The minimum Gasteiger partial charge on any atom is -0.310 e. The van der Waals surface area contributed by atoms with Gasteiger partial charge in [0.15, 0.2) is 0 Å². The molecule has 72 heavy (non-hydrogen) atoms. The third kappa shape index (κ3) is 5.67. The first-order valence-corrected chi connectivity index (χ1v) is 26.3. The molecule has 0 aliphatic carbocycles. The Morgan fingerprint density at radius 3 is 1.08 bits per heavy atom. The topological polar surface area (TPSA) is 11.4 Å². The van der Waals surface area contributed by atoms with Gasteiger partial charge in [-0.3, -0.25) is 0 Å². The van der Waals surface area contributed by atoms with Crippen LogP contribution in [0.15, 0.2) is 262 Å².